The van der Waals surface area contributed by atoms with Gasteiger partial charge >= 0.3 is 0 Å². The molecule has 0 saturated carbocycles. The molecule has 3 rings (SSSR count). The van der Waals surface area contributed by atoms with Crippen molar-refractivity contribution in [2.75, 3.05) is 13.1 Å². The van der Waals surface area contributed by atoms with Crippen molar-refractivity contribution >= 4 is 10.0 Å². The molecule has 0 aromatic carbocycles. The molecule has 3 heterocycles. The number of rotatable bonds is 5. The summed E-state index contributed by atoms with van der Waals surface area (Å²) in [5.41, 5.74) is 0. The normalized spacial score (nSPS) is 19.5. The zero-order valence-electron chi connectivity index (χ0n) is 13.9. The van der Waals surface area contributed by atoms with Gasteiger partial charge in [0.05, 0.1) is 12.9 Å². The van der Waals surface area contributed by atoms with E-state index < -0.39 is 10.0 Å². The second kappa shape index (κ2) is 6.90. The highest BCUT2D eigenvalue weighted by Crippen LogP contribution is 2.23. The molecule has 2 aromatic heterocycles. The average molecular weight is 350 g/mol. The fourth-order valence-electron chi connectivity index (χ4n) is 2.69. The van der Waals surface area contributed by atoms with Gasteiger partial charge in [0.2, 0.25) is 0 Å². The molecule has 24 heavy (non-hydrogen) atoms. The Morgan fingerprint density at radius 2 is 2.04 bits per heavy atom. The van der Waals surface area contributed by atoms with Gasteiger partial charge in [-0.1, -0.05) is 0 Å². The van der Waals surface area contributed by atoms with Crippen LogP contribution in [0.15, 0.2) is 42.1 Å². The number of ether oxygens (including phenoxy) is 1. The van der Waals surface area contributed by atoms with Crippen LogP contribution in [0.4, 0.5) is 0 Å². The quantitative estimate of drug-likeness (QED) is 0.825. The first-order chi connectivity index (χ1) is 11.5. The summed E-state index contributed by atoms with van der Waals surface area (Å²) in [7, 11) is -3.59. The fourth-order valence-corrected chi connectivity index (χ4v) is 4.13. The number of aromatic nitrogens is 3. The van der Waals surface area contributed by atoms with Gasteiger partial charge in [0, 0.05) is 31.2 Å². The molecule has 8 heteroatoms. The molecule has 2 aromatic rings. The van der Waals surface area contributed by atoms with Crippen LogP contribution in [0.5, 0.6) is 5.75 Å². The van der Waals surface area contributed by atoms with Crippen molar-refractivity contribution in [1.82, 2.24) is 18.8 Å². The van der Waals surface area contributed by atoms with Crippen molar-refractivity contribution in [2.24, 2.45) is 0 Å². The van der Waals surface area contributed by atoms with E-state index in [1.54, 1.807) is 41.6 Å². The summed E-state index contributed by atoms with van der Waals surface area (Å²) in [5.74, 6) is 0.707. The highest BCUT2D eigenvalue weighted by Gasteiger charge is 2.32. The first-order valence-corrected chi connectivity index (χ1v) is 9.51. The maximum atomic E-state index is 12.8. The lowest BCUT2D eigenvalue weighted by Gasteiger charge is -2.31. The van der Waals surface area contributed by atoms with Crippen LogP contribution in [0.2, 0.25) is 0 Å². The van der Waals surface area contributed by atoms with E-state index in [1.165, 1.54) is 4.31 Å². The highest BCUT2D eigenvalue weighted by atomic mass is 32.2. The van der Waals surface area contributed by atoms with Gasteiger partial charge in [-0.2, -0.15) is 4.31 Å². The summed E-state index contributed by atoms with van der Waals surface area (Å²) < 4.78 is 34.8. The van der Waals surface area contributed by atoms with E-state index in [4.69, 9.17) is 4.74 Å². The molecule has 1 aliphatic rings. The third kappa shape index (κ3) is 3.59. The van der Waals surface area contributed by atoms with Gasteiger partial charge < -0.3 is 9.30 Å². The minimum Gasteiger partial charge on any atom is -0.489 e. The van der Waals surface area contributed by atoms with E-state index in [9.17, 15) is 8.42 Å². The van der Waals surface area contributed by atoms with Crippen molar-refractivity contribution in [3.05, 3.63) is 37.1 Å². The number of pyridine rings is 1. The molecule has 0 bridgehead atoms. The summed E-state index contributed by atoms with van der Waals surface area (Å²) in [6.45, 7) is 4.79. The lowest BCUT2D eigenvalue weighted by atomic mass is 10.1. The maximum Gasteiger partial charge on any atom is 0.262 e. The number of imidazole rings is 1. The molecular formula is C16H22N4O3S. The number of piperidine rings is 1. The molecule has 7 nitrogen and oxygen atoms in total. The Morgan fingerprint density at radius 3 is 2.71 bits per heavy atom. The zero-order valence-corrected chi connectivity index (χ0v) is 14.7. The largest absolute Gasteiger partial charge is 0.489 e. The Labute approximate surface area is 142 Å². The molecule has 0 spiro atoms. The first kappa shape index (κ1) is 16.9. The van der Waals surface area contributed by atoms with Crippen LogP contribution in [0.1, 0.15) is 32.7 Å². The second-order valence-electron chi connectivity index (χ2n) is 6.18. The van der Waals surface area contributed by atoms with Crippen LogP contribution >= 0.6 is 0 Å². The van der Waals surface area contributed by atoms with E-state index in [2.05, 4.69) is 9.97 Å². The van der Waals surface area contributed by atoms with Gasteiger partial charge in [0.1, 0.15) is 11.9 Å². The fraction of sp³-hybridized carbons (Fsp3) is 0.500. The second-order valence-corrected chi connectivity index (χ2v) is 8.07. The topological polar surface area (TPSA) is 77.3 Å². The van der Waals surface area contributed by atoms with Gasteiger partial charge in [-0.05, 0) is 38.8 Å². The van der Waals surface area contributed by atoms with Gasteiger partial charge in [-0.25, -0.2) is 13.4 Å². The summed E-state index contributed by atoms with van der Waals surface area (Å²) in [6.07, 6.45) is 7.90. The standard InChI is InChI=1S/C16H22N4O3S/c1-13(2)19-11-16(18-12-19)24(21,22)20-9-3-4-15(10-20)23-14-5-7-17-8-6-14/h5-8,11-13,15H,3-4,9-10H2,1-2H3. The number of hydrogen-bond donors (Lipinski definition) is 0. The first-order valence-electron chi connectivity index (χ1n) is 8.07. The molecule has 0 N–H and O–H groups in total. The monoisotopic (exact) mass is 350 g/mol. The smallest absolute Gasteiger partial charge is 0.262 e. The third-order valence-corrected chi connectivity index (χ3v) is 5.82. The lowest BCUT2D eigenvalue weighted by Crippen LogP contribution is -2.44. The predicted molar refractivity (Wildman–Crippen MR) is 89.3 cm³/mol. The minimum atomic E-state index is -3.59. The summed E-state index contributed by atoms with van der Waals surface area (Å²) >= 11 is 0. The van der Waals surface area contributed by atoms with Crippen molar-refractivity contribution in [1.29, 1.82) is 0 Å². The highest BCUT2D eigenvalue weighted by molar-refractivity contribution is 7.89. The van der Waals surface area contributed by atoms with E-state index in [1.807, 2.05) is 13.8 Å². The predicted octanol–water partition coefficient (Wildman–Crippen LogP) is 2.09. The van der Waals surface area contributed by atoms with Crippen LogP contribution in [0.3, 0.4) is 0 Å². The Kier molecular flexibility index (Phi) is 4.86. The van der Waals surface area contributed by atoms with Gasteiger partial charge in [-0.3, -0.25) is 4.98 Å². The van der Waals surface area contributed by atoms with Gasteiger partial charge in [0.25, 0.3) is 10.0 Å². The van der Waals surface area contributed by atoms with Crippen LogP contribution in [-0.4, -0.2) is 46.5 Å². The molecule has 0 aliphatic carbocycles. The summed E-state index contributed by atoms with van der Waals surface area (Å²) in [4.78, 5) is 8.03. The molecule has 1 atom stereocenters. The summed E-state index contributed by atoms with van der Waals surface area (Å²) in [6, 6.07) is 3.72. The lowest BCUT2D eigenvalue weighted by molar-refractivity contribution is 0.129. The van der Waals surface area contributed by atoms with Crippen LogP contribution in [-0.2, 0) is 10.0 Å². The van der Waals surface area contributed by atoms with Crippen molar-refractivity contribution < 1.29 is 13.2 Å². The Hall–Kier alpha value is -1.93. The molecule has 1 aliphatic heterocycles. The Morgan fingerprint density at radius 1 is 1.29 bits per heavy atom. The molecule has 0 radical (unpaired) electrons. The van der Waals surface area contributed by atoms with E-state index >= 15 is 0 Å². The molecular weight excluding hydrogens is 328 g/mol. The molecule has 1 unspecified atom stereocenters. The van der Waals surface area contributed by atoms with Gasteiger partial charge in [0.15, 0.2) is 5.03 Å². The molecule has 130 valence electrons. The molecule has 1 saturated heterocycles. The van der Waals surface area contributed by atoms with Gasteiger partial charge in [-0.15, -0.1) is 0 Å². The van der Waals surface area contributed by atoms with Crippen molar-refractivity contribution in [3.8, 4) is 5.75 Å². The third-order valence-electron chi connectivity index (χ3n) is 4.07. The SMILES string of the molecule is CC(C)n1cnc(S(=O)(=O)N2CCCC(Oc3ccncc3)C2)c1. The van der Waals surface area contributed by atoms with E-state index in [0.717, 1.165) is 12.8 Å². The maximum absolute atomic E-state index is 12.8. The van der Waals surface area contributed by atoms with Crippen LogP contribution in [0.25, 0.3) is 0 Å². The van der Waals surface area contributed by atoms with E-state index in [-0.39, 0.29) is 17.2 Å². The Balaban J connectivity index is 1.73. The van der Waals surface area contributed by atoms with E-state index in [0.29, 0.717) is 18.8 Å². The number of nitrogens with zero attached hydrogens (tertiary/aromatic N) is 4. The summed E-state index contributed by atoms with van der Waals surface area (Å²) in [5, 5.41) is 0.0979. The molecule has 1 fully saturated rings. The van der Waals surface area contributed by atoms with Crippen LogP contribution < -0.4 is 4.74 Å². The average Bonchev–Trinajstić information content (AvgIpc) is 3.07. The number of hydrogen-bond acceptors (Lipinski definition) is 5. The van der Waals surface area contributed by atoms with Crippen LogP contribution in [0, 0.1) is 0 Å². The number of sulfonamides is 1. The zero-order chi connectivity index (χ0) is 17.2. The minimum absolute atomic E-state index is 0.0979. The van der Waals surface area contributed by atoms with Crippen molar-refractivity contribution in [3.63, 3.8) is 0 Å². The molecule has 0 amide bonds. The Bertz CT molecular complexity index is 774. The van der Waals surface area contributed by atoms with Crippen molar-refractivity contribution in [2.45, 2.75) is 43.9 Å².